The lowest BCUT2D eigenvalue weighted by molar-refractivity contribution is 0.0616. The first-order chi connectivity index (χ1) is 13.6. The van der Waals surface area contributed by atoms with Crippen LogP contribution in [0.15, 0.2) is 36.5 Å². The van der Waals surface area contributed by atoms with Crippen LogP contribution in [-0.2, 0) is 0 Å². The molecule has 6 heteroatoms. The Bertz CT molecular complexity index is 812. The van der Waals surface area contributed by atoms with E-state index in [1.165, 1.54) is 32.4 Å². The molecule has 1 unspecified atom stereocenters. The molecule has 0 bridgehead atoms. The lowest BCUT2D eigenvalue weighted by Crippen LogP contribution is -2.45. The second-order valence-corrected chi connectivity index (χ2v) is 8.80. The summed E-state index contributed by atoms with van der Waals surface area (Å²) in [6.45, 7) is 7.55. The average molecular weight is 401 g/mol. The monoisotopic (exact) mass is 400 g/mol. The zero-order chi connectivity index (χ0) is 19.5. The van der Waals surface area contributed by atoms with Crippen LogP contribution in [0.2, 0.25) is 5.02 Å². The van der Waals surface area contributed by atoms with Gasteiger partial charge in [0.25, 0.3) is 5.91 Å². The maximum absolute atomic E-state index is 13.0. The van der Waals surface area contributed by atoms with Gasteiger partial charge in [-0.1, -0.05) is 24.6 Å². The third-order valence-corrected chi connectivity index (χ3v) is 6.31. The molecule has 1 aromatic heterocycles. The molecular weight excluding hydrogens is 372 g/mol. The number of halogens is 1. The summed E-state index contributed by atoms with van der Waals surface area (Å²) in [6, 6.07) is 9.30. The SMILES string of the molecule is CC1CCN(CC2CCCN(C(=O)c3ccn(-c4cccc(Cl)c4)n3)C2)CC1. The van der Waals surface area contributed by atoms with Crippen molar-refractivity contribution in [2.24, 2.45) is 11.8 Å². The predicted octanol–water partition coefficient (Wildman–Crippen LogP) is 4.11. The van der Waals surface area contributed by atoms with Gasteiger partial charge in [0.15, 0.2) is 5.69 Å². The molecule has 2 aliphatic heterocycles. The number of carbonyl (C=O) groups is 1. The zero-order valence-electron chi connectivity index (χ0n) is 16.6. The number of amides is 1. The fraction of sp³-hybridized carbons (Fsp3) is 0.545. The highest BCUT2D eigenvalue weighted by molar-refractivity contribution is 6.30. The summed E-state index contributed by atoms with van der Waals surface area (Å²) in [7, 11) is 0. The lowest BCUT2D eigenvalue weighted by Gasteiger charge is -2.37. The largest absolute Gasteiger partial charge is 0.337 e. The first-order valence-electron chi connectivity index (χ1n) is 10.4. The van der Waals surface area contributed by atoms with Crippen molar-refractivity contribution in [2.75, 3.05) is 32.7 Å². The van der Waals surface area contributed by atoms with E-state index in [4.69, 9.17) is 11.6 Å². The molecule has 150 valence electrons. The van der Waals surface area contributed by atoms with Gasteiger partial charge in [-0.3, -0.25) is 4.79 Å². The summed E-state index contributed by atoms with van der Waals surface area (Å²) in [6.07, 6.45) is 6.73. The molecule has 1 atom stereocenters. The molecule has 5 nitrogen and oxygen atoms in total. The number of benzene rings is 1. The first-order valence-corrected chi connectivity index (χ1v) is 10.8. The van der Waals surface area contributed by atoms with Gasteiger partial charge < -0.3 is 9.80 Å². The minimum atomic E-state index is 0.0396. The Morgan fingerprint density at radius 2 is 2.00 bits per heavy atom. The second kappa shape index (κ2) is 8.66. The topological polar surface area (TPSA) is 41.4 Å². The van der Waals surface area contributed by atoms with Crippen LogP contribution in [0.4, 0.5) is 0 Å². The van der Waals surface area contributed by atoms with E-state index >= 15 is 0 Å². The van der Waals surface area contributed by atoms with Crippen LogP contribution in [0.5, 0.6) is 0 Å². The van der Waals surface area contributed by atoms with Gasteiger partial charge in [-0.25, -0.2) is 4.68 Å². The van der Waals surface area contributed by atoms with Crippen molar-refractivity contribution in [3.63, 3.8) is 0 Å². The van der Waals surface area contributed by atoms with Gasteiger partial charge in [0.05, 0.1) is 5.69 Å². The quantitative estimate of drug-likeness (QED) is 0.775. The molecule has 2 fully saturated rings. The van der Waals surface area contributed by atoms with Crippen LogP contribution >= 0.6 is 11.6 Å². The number of carbonyl (C=O) groups excluding carboxylic acids is 1. The highest BCUT2D eigenvalue weighted by Gasteiger charge is 2.28. The summed E-state index contributed by atoms with van der Waals surface area (Å²) >= 11 is 6.07. The molecule has 2 saturated heterocycles. The van der Waals surface area contributed by atoms with Gasteiger partial charge in [0, 0.05) is 30.9 Å². The van der Waals surface area contributed by atoms with Crippen LogP contribution < -0.4 is 0 Å². The van der Waals surface area contributed by atoms with Crippen LogP contribution in [0.3, 0.4) is 0 Å². The smallest absolute Gasteiger partial charge is 0.274 e. The third-order valence-electron chi connectivity index (χ3n) is 6.08. The van der Waals surface area contributed by atoms with Gasteiger partial charge in [0.1, 0.15) is 0 Å². The number of rotatable bonds is 4. The zero-order valence-corrected chi connectivity index (χ0v) is 17.3. The molecule has 2 aliphatic rings. The minimum Gasteiger partial charge on any atom is -0.337 e. The number of hydrogen-bond donors (Lipinski definition) is 0. The van der Waals surface area contributed by atoms with Crippen LogP contribution in [0.25, 0.3) is 5.69 Å². The van der Waals surface area contributed by atoms with E-state index in [0.717, 1.165) is 37.7 Å². The fourth-order valence-electron chi connectivity index (χ4n) is 4.37. The molecule has 0 aliphatic carbocycles. The van der Waals surface area contributed by atoms with Gasteiger partial charge in [-0.2, -0.15) is 5.10 Å². The Morgan fingerprint density at radius 3 is 2.79 bits per heavy atom. The highest BCUT2D eigenvalue weighted by atomic mass is 35.5. The molecule has 0 spiro atoms. The molecule has 1 amide bonds. The van der Waals surface area contributed by atoms with E-state index in [0.29, 0.717) is 16.6 Å². The van der Waals surface area contributed by atoms with Gasteiger partial charge in [-0.15, -0.1) is 0 Å². The highest BCUT2D eigenvalue weighted by Crippen LogP contribution is 2.23. The van der Waals surface area contributed by atoms with Crippen molar-refractivity contribution in [1.29, 1.82) is 0 Å². The van der Waals surface area contributed by atoms with Crippen LogP contribution in [0.1, 0.15) is 43.1 Å². The van der Waals surface area contributed by atoms with Gasteiger partial charge in [0.2, 0.25) is 0 Å². The fourth-order valence-corrected chi connectivity index (χ4v) is 4.56. The average Bonchev–Trinajstić information content (AvgIpc) is 3.20. The molecule has 0 saturated carbocycles. The molecule has 1 aromatic carbocycles. The standard InChI is InChI=1S/C22H29ClN4O/c1-17-7-11-25(12-8-17)15-18-4-3-10-26(16-18)22(28)21-9-13-27(24-21)20-6-2-5-19(23)14-20/h2,5-6,9,13-14,17-18H,3-4,7-8,10-12,15-16H2,1H3. The maximum atomic E-state index is 13.0. The first kappa shape index (κ1) is 19.5. The molecular formula is C22H29ClN4O. The Morgan fingerprint density at radius 1 is 1.18 bits per heavy atom. The van der Waals surface area contributed by atoms with E-state index in [1.807, 2.05) is 35.4 Å². The number of nitrogens with zero attached hydrogens (tertiary/aromatic N) is 4. The van der Waals surface area contributed by atoms with E-state index in [9.17, 15) is 4.79 Å². The van der Waals surface area contributed by atoms with Crippen molar-refractivity contribution in [3.8, 4) is 5.69 Å². The number of likely N-dealkylation sites (tertiary alicyclic amines) is 2. The number of aromatic nitrogens is 2. The Balaban J connectivity index is 1.38. The van der Waals surface area contributed by atoms with Gasteiger partial charge >= 0.3 is 0 Å². The summed E-state index contributed by atoms with van der Waals surface area (Å²) in [5, 5.41) is 5.16. The van der Waals surface area contributed by atoms with Crippen molar-refractivity contribution in [1.82, 2.24) is 19.6 Å². The normalized spacial score (nSPS) is 21.8. The van der Waals surface area contributed by atoms with Gasteiger partial charge in [-0.05, 0) is 74.9 Å². The third kappa shape index (κ3) is 4.58. The lowest BCUT2D eigenvalue weighted by atomic mass is 9.94. The van der Waals surface area contributed by atoms with E-state index in [2.05, 4.69) is 16.9 Å². The molecule has 28 heavy (non-hydrogen) atoms. The van der Waals surface area contributed by atoms with Crippen molar-refractivity contribution >= 4 is 17.5 Å². The van der Waals surface area contributed by atoms with Crippen molar-refractivity contribution in [3.05, 3.63) is 47.2 Å². The van der Waals surface area contributed by atoms with Crippen molar-refractivity contribution < 1.29 is 4.79 Å². The van der Waals surface area contributed by atoms with Crippen LogP contribution in [0, 0.1) is 11.8 Å². The summed E-state index contributed by atoms with van der Waals surface area (Å²) < 4.78 is 1.72. The Kier molecular flexibility index (Phi) is 6.02. The summed E-state index contributed by atoms with van der Waals surface area (Å²) in [5.41, 5.74) is 1.37. The van der Waals surface area contributed by atoms with E-state index < -0.39 is 0 Å². The summed E-state index contributed by atoms with van der Waals surface area (Å²) in [4.78, 5) is 17.6. The van der Waals surface area contributed by atoms with Crippen LogP contribution in [-0.4, -0.2) is 58.2 Å². The van der Waals surface area contributed by atoms with Crippen molar-refractivity contribution in [2.45, 2.75) is 32.6 Å². The number of piperidine rings is 2. The maximum Gasteiger partial charge on any atom is 0.274 e. The molecule has 2 aromatic rings. The molecule has 0 N–H and O–H groups in total. The Labute approximate surface area is 172 Å². The Hall–Kier alpha value is -1.85. The van der Waals surface area contributed by atoms with E-state index in [1.54, 1.807) is 10.7 Å². The minimum absolute atomic E-state index is 0.0396. The molecule has 4 rings (SSSR count). The molecule has 3 heterocycles. The molecule has 0 radical (unpaired) electrons. The number of hydrogen-bond acceptors (Lipinski definition) is 3. The van der Waals surface area contributed by atoms with E-state index in [-0.39, 0.29) is 5.91 Å². The summed E-state index contributed by atoms with van der Waals surface area (Å²) in [5.74, 6) is 1.47. The predicted molar refractivity (Wildman–Crippen MR) is 112 cm³/mol. The second-order valence-electron chi connectivity index (χ2n) is 8.37.